The molecule has 1 heterocycles. The molecule has 3 heteroatoms. The van der Waals surface area contributed by atoms with Crippen LogP contribution in [0.3, 0.4) is 0 Å². The first-order chi connectivity index (χ1) is 8.15. The molecule has 17 heavy (non-hydrogen) atoms. The Morgan fingerprint density at radius 3 is 2.71 bits per heavy atom. The maximum atomic E-state index is 13.0. The average molecular weight is 231 g/mol. The third kappa shape index (κ3) is 1.87. The summed E-state index contributed by atoms with van der Waals surface area (Å²) in [6, 6.07) is 8.85. The second-order valence-electron chi connectivity index (χ2n) is 4.67. The maximum absolute atomic E-state index is 13.0. The summed E-state index contributed by atoms with van der Waals surface area (Å²) in [6.07, 6.45) is 0.995. The van der Waals surface area contributed by atoms with Crippen LogP contribution in [0.1, 0.15) is 23.7 Å². The highest BCUT2D eigenvalue weighted by Crippen LogP contribution is 2.41. The first-order valence-electron chi connectivity index (χ1n) is 5.77. The minimum Gasteiger partial charge on any atom is -0.461 e. The van der Waals surface area contributed by atoms with Crippen molar-refractivity contribution in [2.75, 3.05) is 0 Å². The zero-order chi connectivity index (χ0) is 12.0. The van der Waals surface area contributed by atoms with E-state index in [0.717, 1.165) is 29.1 Å². The van der Waals surface area contributed by atoms with Crippen LogP contribution >= 0.6 is 0 Å². The van der Waals surface area contributed by atoms with E-state index in [2.05, 4.69) is 0 Å². The minimum atomic E-state index is -0.220. The van der Waals surface area contributed by atoms with Crippen LogP contribution in [0.15, 0.2) is 34.7 Å². The summed E-state index contributed by atoms with van der Waals surface area (Å²) < 4.78 is 18.8. The van der Waals surface area contributed by atoms with Gasteiger partial charge in [-0.3, -0.25) is 0 Å². The van der Waals surface area contributed by atoms with Gasteiger partial charge in [-0.1, -0.05) is 0 Å². The standard InChI is InChI=1S/C14H14FNO/c1-8-6-9(15)2-3-10(8)13-4-5-14(17-13)11-7-12(11)16/h2-6,11-12H,7,16H2,1H3/t11-,12+/m0/s1. The molecule has 2 nitrogen and oxygen atoms in total. The summed E-state index contributed by atoms with van der Waals surface area (Å²) >= 11 is 0. The van der Waals surface area contributed by atoms with Crippen molar-refractivity contribution in [3.05, 3.63) is 47.5 Å². The van der Waals surface area contributed by atoms with Crippen LogP contribution in [0.2, 0.25) is 0 Å². The lowest BCUT2D eigenvalue weighted by molar-refractivity contribution is 0.521. The monoisotopic (exact) mass is 231 g/mol. The number of hydrogen-bond acceptors (Lipinski definition) is 2. The predicted octanol–water partition coefficient (Wildman–Crippen LogP) is 3.21. The highest BCUT2D eigenvalue weighted by atomic mass is 19.1. The van der Waals surface area contributed by atoms with Crippen molar-refractivity contribution in [3.63, 3.8) is 0 Å². The first-order valence-corrected chi connectivity index (χ1v) is 5.77. The molecule has 0 amide bonds. The van der Waals surface area contributed by atoms with Crippen LogP contribution in [-0.4, -0.2) is 6.04 Å². The second kappa shape index (κ2) is 3.70. The van der Waals surface area contributed by atoms with Gasteiger partial charge in [-0.25, -0.2) is 4.39 Å². The van der Waals surface area contributed by atoms with E-state index in [1.54, 1.807) is 6.07 Å². The van der Waals surface area contributed by atoms with E-state index in [1.807, 2.05) is 19.1 Å². The van der Waals surface area contributed by atoms with E-state index < -0.39 is 0 Å². The lowest BCUT2D eigenvalue weighted by Crippen LogP contribution is -2.00. The van der Waals surface area contributed by atoms with Crippen LogP contribution in [0.5, 0.6) is 0 Å². The SMILES string of the molecule is Cc1cc(F)ccc1-c1ccc([C@H]2C[C@H]2N)o1. The normalized spacial score (nSPS) is 22.8. The van der Waals surface area contributed by atoms with Crippen molar-refractivity contribution in [1.82, 2.24) is 0 Å². The molecule has 1 aliphatic rings. The Morgan fingerprint density at radius 1 is 1.29 bits per heavy atom. The van der Waals surface area contributed by atoms with Crippen molar-refractivity contribution in [1.29, 1.82) is 0 Å². The number of aryl methyl sites for hydroxylation is 1. The molecule has 0 spiro atoms. The molecule has 2 atom stereocenters. The van der Waals surface area contributed by atoms with Crippen molar-refractivity contribution < 1.29 is 8.81 Å². The van der Waals surface area contributed by atoms with Crippen molar-refractivity contribution in [3.8, 4) is 11.3 Å². The number of rotatable bonds is 2. The van der Waals surface area contributed by atoms with Gasteiger partial charge in [-0.2, -0.15) is 0 Å². The maximum Gasteiger partial charge on any atom is 0.134 e. The van der Waals surface area contributed by atoms with Gasteiger partial charge in [0.2, 0.25) is 0 Å². The van der Waals surface area contributed by atoms with Gasteiger partial charge in [0.1, 0.15) is 17.3 Å². The second-order valence-corrected chi connectivity index (χ2v) is 4.67. The number of hydrogen-bond donors (Lipinski definition) is 1. The summed E-state index contributed by atoms with van der Waals surface area (Å²) in [5.41, 5.74) is 7.60. The van der Waals surface area contributed by atoms with Gasteiger partial charge >= 0.3 is 0 Å². The predicted molar refractivity (Wildman–Crippen MR) is 64.2 cm³/mol. The quantitative estimate of drug-likeness (QED) is 0.862. The molecule has 1 aliphatic carbocycles. The lowest BCUT2D eigenvalue weighted by atomic mass is 10.1. The van der Waals surface area contributed by atoms with Gasteiger partial charge in [0.25, 0.3) is 0 Å². The molecule has 0 bridgehead atoms. The molecule has 2 N–H and O–H groups in total. The van der Waals surface area contributed by atoms with Crippen LogP contribution < -0.4 is 5.73 Å². The van der Waals surface area contributed by atoms with E-state index in [9.17, 15) is 4.39 Å². The van der Waals surface area contributed by atoms with Gasteiger partial charge < -0.3 is 10.2 Å². The fourth-order valence-corrected chi connectivity index (χ4v) is 2.14. The number of halogens is 1. The summed E-state index contributed by atoms with van der Waals surface area (Å²) in [5, 5.41) is 0. The lowest BCUT2D eigenvalue weighted by Gasteiger charge is -2.02. The molecular weight excluding hydrogens is 217 g/mol. The van der Waals surface area contributed by atoms with Gasteiger partial charge in [-0.05, 0) is 49.2 Å². The molecule has 2 aromatic rings. The first kappa shape index (κ1) is 10.5. The highest BCUT2D eigenvalue weighted by molar-refractivity contribution is 5.62. The zero-order valence-electron chi connectivity index (χ0n) is 9.61. The Balaban J connectivity index is 1.95. The smallest absolute Gasteiger partial charge is 0.134 e. The van der Waals surface area contributed by atoms with E-state index in [4.69, 9.17) is 10.2 Å². The van der Waals surface area contributed by atoms with Crippen LogP contribution in [0.25, 0.3) is 11.3 Å². The Hall–Kier alpha value is -1.61. The van der Waals surface area contributed by atoms with E-state index in [-0.39, 0.29) is 11.9 Å². The summed E-state index contributed by atoms with van der Waals surface area (Å²) in [4.78, 5) is 0. The molecule has 1 saturated carbocycles. The number of furan rings is 1. The minimum absolute atomic E-state index is 0.220. The zero-order valence-corrected chi connectivity index (χ0v) is 9.61. The Labute approximate surface area is 99.2 Å². The molecule has 1 aromatic heterocycles. The third-order valence-electron chi connectivity index (χ3n) is 3.29. The Morgan fingerprint density at radius 2 is 2.06 bits per heavy atom. The van der Waals surface area contributed by atoms with Crippen LogP contribution in [0.4, 0.5) is 4.39 Å². The van der Waals surface area contributed by atoms with Crippen molar-refractivity contribution in [2.24, 2.45) is 5.73 Å². The average Bonchev–Trinajstić information content (AvgIpc) is 2.83. The summed E-state index contributed by atoms with van der Waals surface area (Å²) in [5.74, 6) is 1.87. The molecule has 0 aliphatic heterocycles. The fraction of sp³-hybridized carbons (Fsp3) is 0.286. The van der Waals surface area contributed by atoms with E-state index in [1.165, 1.54) is 12.1 Å². The van der Waals surface area contributed by atoms with Crippen molar-refractivity contribution in [2.45, 2.75) is 25.3 Å². The summed E-state index contributed by atoms with van der Waals surface area (Å²) in [7, 11) is 0. The molecule has 0 radical (unpaired) electrons. The highest BCUT2D eigenvalue weighted by Gasteiger charge is 2.37. The largest absolute Gasteiger partial charge is 0.461 e. The molecule has 3 rings (SSSR count). The van der Waals surface area contributed by atoms with Gasteiger partial charge in [0, 0.05) is 17.5 Å². The van der Waals surface area contributed by atoms with Crippen LogP contribution in [0, 0.1) is 12.7 Å². The molecule has 1 aromatic carbocycles. The topological polar surface area (TPSA) is 39.2 Å². The van der Waals surface area contributed by atoms with Gasteiger partial charge in [0.05, 0.1) is 0 Å². The third-order valence-corrected chi connectivity index (χ3v) is 3.29. The molecule has 88 valence electrons. The van der Waals surface area contributed by atoms with Gasteiger partial charge in [0.15, 0.2) is 0 Å². The van der Waals surface area contributed by atoms with E-state index >= 15 is 0 Å². The molecular formula is C14H14FNO. The van der Waals surface area contributed by atoms with Crippen molar-refractivity contribution >= 4 is 0 Å². The molecule has 1 fully saturated rings. The Kier molecular flexibility index (Phi) is 2.30. The molecule has 0 saturated heterocycles. The summed E-state index contributed by atoms with van der Waals surface area (Å²) in [6.45, 7) is 1.88. The van der Waals surface area contributed by atoms with Crippen LogP contribution in [-0.2, 0) is 0 Å². The Bertz CT molecular complexity index is 561. The number of nitrogens with two attached hydrogens (primary N) is 1. The fourth-order valence-electron chi connectivity index (χ4n) is 2.14. The van der Waals surface area contributed by atoms with E-state index in [0.29, 0.717) is 5.92 Å². The van der Waals surface area contributed by atoms with Gasteiger partial charge in [-0.15, -0.1) is 0 Å². The number of benzene rings is 1. The molecule has 0 unspecified atom stereocenters.